The highest BCUT2D eigenvalue weighted by molar-refractivity contribution is 5.81. The van der Waals surface area contributed by atoms with E-state index in [1.807, 2.05) is 12.1 Å². The third-order valence-electron chi connectivity index (χ3n) is 5.50. The van der Waals surface area contributed by atoms with E-state index in [1.54, 1.807) is 24.5 Å². The second-order valence-electron chi connectivity index (χ2n) is 7.31. The third-order valence-corrected chi connectivity index (χ3v) is 5.50. The molecule has 0 spiro atoms. The summed E-state index contributed by atoms with van der Waals surface area (Å²) in [6.45, 7) is 0.307. The van der Waals surface area contributed by atoms with Crippen LogP contribution in [0.15, 0.2) is 60.9 Å². The minimum absolute atomic E-state index is 0.252. The van der Waals surface area contributed by atoms with Gasteiger partial charge in [0.15, 0.2) is 0 Å². The van der Waals surface area contributed by atoms with Gasteiger partial charge in [-0.2, -0.15) is 0 Å². The summed E-state index contributed by atoms with van der Waals surface area (Å²) in [6.07, 6.45) is 3.42. The number of imidazole rings is 1. The number of hydrogen-bond donors (Lipinski definition) is 2. The Morgan fingerprint density at radius 3 is 2.54 bits per heavy atom. The van der Waals surface area contributed by atoms with E-state index in [9.17, 15) is 8.78 Å². The molecule has 0 saturated carbocycles. The van der Waals surface area contributed by atoms with Crippen molar-refractivity contribution in [2.24, 2.45) is 0 Å². The van der Waals surface area contributed by atoms with Gasteiger partial charge in [0.25, 0.3) is 0 Å². The van der Waals surface area contributed by atoms with Gasteiger partial charge in [-0.25, -0.2) is 13.8 Å². The van der Waals surface area contributed by atoms with Crippen molar-refractivity contribution in [3.05, 3.63) is 89.2 Å². The predicted molar refractivity (Wildman–Crippen MR) is 106 cm³/mol. The lowest BCUT2D eigenvalue weighted by atomic mass is 10.0. The predicted octanol–water partition coefficient (Wildman–Crippen LogP) is 4.77. The maximum Gasteiger partial charge on any atom is 0.131 e. The van der Waals surface area contributed by atoms with Gasteiger partial charge in [-0.05, 0) is 53.8 Å². The van der Waals surface area contributed by atoms with E-state index < -0.39 is 11.6 Å². The van der Waals surface area contributed by atoms with Gasteiger partial charge >= 0.3 is 0 Å². The molecule has 1 aromatic heterocycles. The quantitative estimate of drug-likeness (QED) is 0.540. The van der Waals surface area contributed by atoms with Crippen molar-refractivity contribution < 1.29 is 8.78 Å². The van der Waals surface area contributed by atoms with Crippen LogP contribution in [0.3, 0.4) is 0 Å². The van der Waals surface area contributed by atoms with Gasteiger partial charge in [-0.3, -0.25) is 0 Å². The normalized spacial score (nSPS) is 13.9. The highest BCUT2D eigenvalue weighted by atomic mass is 19.1. The summed E-state index contributed by atoms with van der Waals surface area (Å²) in [4.78, 5) is 7.15. The smallest absolute Gasteiger partial charge is 0.131 e. The highest BCUT2D eigenvalue weighted by Crippen LogP contribution is 2.28. The van der Waals surface area contributed by atoms with Crippen LogP contribution in [0.2, 0.25) is 0 Å². The zero-order chi connectivity index (χ0) is 19.1. The first-order chi connectivity index (χ1) is 13.7. The molecule has 3 aromatic carbocycles. The summed E-state index contributed by atoms with van der Waals surface area (Å²) in [5, 5.41) is 3.37. The third kappa shape index (κ3) is 3.08. The Bertz CT molecular complexity index is 1140. The first-order valence-electron chi connectivity index (χ1n) is 9.39. The number of aromatic amines is 1. The average Bonchev–Trinajstić information content (AvgIpc) is 3.33. The molecule has 28 heavy (non-hydrogen) atoms. The Morgan fingerprint density at radius 2 is 1.75 bits per heavy atom. The fourth-order valence-corrected chi connectivity index (χ4v) is 4.01. The van der Waals surface area contributed by atoms with Crippen molar-refractivity contribution in [2.45, 2.75) is 25.4 Å². The average molecular weight is 375 g/mol. The maximum atomic E-state index is 14.7. The molecule has 0 unspecified atom stereocenters. The Morgan fingerprint density at radius 1 is 0.964 bits per heavy atom. The maximum absolute atomic E-state index is 14.7. The number of rotatable bonds is 4. The van der Waals surface area contributed by atoms with Gasteiger partial charge in [0.1, 0.15) is 11.6 Å². The van der Waals surface area contributed by atoms with Crippen molar-refractivity contribution in [1.29, 1.82) is 0 Å². The molecule has 1 aliphatic rings. The molecule has 140 valence electrons. The van der Waals surface area contributed by atoms with Gasteiger partial charge < -0.3 is 10.3 Å². The van der Waals surface area contributed by atoms with E-state index in [-0.39, 0.29) is 11.6 Å². The molecule has 1 heterocycles. The number of halogens is 2. The summed E-state index contributed by atoms with van der Waals surface area (Å²) in [5.74, 6) is -0.823. The number of nitrogens with one attached hydrogen (secondary N) is 2. The van der Waals surface area contributed by atoms with Gasteiger partial charge in [-0.15, -0.1) is 0 Å². The number of benzene rings is 3. The summed E-state index contributed by atoms with van der Waals surface area (Å²) in [5.41, 5.74) is 5.48. The van der Waals surface area contributed by atoms with E-state index >= 15 is 0 Å². The molecule has 2 N–H and O–H groups in total. The minimum Gasteiger partial charge on any atom is -0.345 e. The van der Waals surface area contributed by atoms with E-state index in [4.69, 9.17) is 0 Å². The molecule has 0 aliphatic heterocycles. The van der Waals surface area contributed by atoms with Crippen LogP contribution >= 0.6 is 0 Å². The lowest BCUT2D eigenvalue weighted by Gasteiger charge is -2.14. The molecule has 3 nitrogen and oxygen atoms in total. The second kappa shape index (κ2) is 6.84. The molecular weight excluding hydrogens is 356 g/mol. The SMILES string of the molecule is Fc1cc(-c2ccc3nc[nH]c3c2)c(F)cc1CNC1Cc2ccccc2C1. The summed E-state index contributed by atoms with van der Waals surface area (Å²) < 4.78 is 29.4. The summed E-state index contributed by atoms with van der Waals surface area (Å²) in [7, 11) is 0. The van der Waals surface area contributed by atoms with Crippen molar-refractivity contribution in [3.8, 4) is 11.1 Å². The molecule has 5 heteroatoms. The molecule has 0 radical (unpaired) electrons. The zero-order valence-electron chi connectivity index (χ0n) is 15.2. The lowest BCUT2D eigenvalue weighted by Crippen LogP contribution is -2.29. The van der Waals surface area contributed by atoms with E-state index in [1.165, 1.54) is 23.3 Å². The van der Waals surface area contributed by atoms with Crippen LogP contribution in [-0.2, 0) is 19.4 Å². The van der Waals surface area contributed by atoms with Gasteiger partial charge in [0, 0.05) is 23.7 Å². The van der Waals surface area contributed by atoms with Crippen LogP contribution in [0.25, 0.3) is 22.2 Å². The highest BCUT2D eigenvalue weighted by Gasteiger charge is 2.21. The molecule has 0 atom stereocenters. The van der Waals surface area contributed by atoms with Crippen molar-refractivity contribution >= 4 is 11.0 Å². The Balaban J connectivity index is 1.35. The van der Waals surface area contributed by atoms with Crippen LogP contribution in [0.1, 0.15) is 16.7 Å². The fourth-order valence-electron chi connectivity index (χ4n) is 4.01. The van der Waals surface area contributed by atoms with Gasteiger partial charge in [-0.1, -0.05) is 30.3 Å². The van der Waals surface area contributed by atoms with Crippen LogP contribution in [0.5, 0.6) is 0 Å². The number of nitrogens with zero attached hydrogens (tertiary/aromatic N) is 1. The first-order valence-corrected chi connectivity index (χ1v) is 9.39. The fraction of sp³-hybridized carbons (Fsp3) is 0.174. The molecular formula is C23H19F2N3. The van der Waals surface area contributed by atoms with E-state index in [2.05, 4.69) is 27.4 Å². The molecule has 0 bridgehead atoms. The van der Waals surface area contributed by atoms with Crippen LogP contribution < -0.4 is 5.32 Å². The minimum atomic E-state index is -0.424. The largest absolute Gasteiger partial charge is 0.345 e. The first kappa shape index (κ1) is 17.1. The van der Waals surface area contributed by atoms with Crippen molar-refractivity contribution in [3.63, 3.8) is 0 Å². The molecule has 0 saturated heterocycles. The van der Waals surface area contributed by atoms with Crippen LogP contribution in [0.4, 0.5) is 8.78 Å². The molecule has 1 aliphatic carbocycles. The number of H-pyrrole nitrogens is 1. The lowest BCUT2D eigenvalue weighted by molar-refractivity contribution is 0.511. The summed E-state index contributed by atoms with van der Waals surface area (Å²) >= 11 is 0. The monoisotopic (exact) mass is 375 g/mol. The number of hydrogen-bond acceptors (Lipinski definition) is 2. The topological polar surface area (TPSA) is 40.7 Å². The van der Waals surface area contributed by atoms with Crippen LogP contribution in [-0.4, -0.2) is 16.0 Å². The Kier molecular flexibility index (Phi) is 4.17. The number of fused-ring (bicyclic) bond motifs is 2. The molecule has 0 fully saturated rings. The standard InChI is InChI=1S/C23H19F2N3/c24-20-11-19(16-5-6-22-23(10-16)28-13-27-22)21(25)9-17(20)12-26-18-7-14-3-1-2-4-15(14)8-18/h1-6,9-11,13,18,26H,7-8,12H2,(H,27,28). The molecule has 0 amide bonds. The van der Waals surface area contributed by atoms with Gasteiger partial charge in [0.2, 0.25) is 0 Å². The van der Waals surface area contributed by atoms with Crippen LogP contribution in [0, 0.1) is 11.6 Å². The summed E-state index contributed by atoms with van der Waals surface area (Å²) in [6, 6.07) is 16.5. The van der Waals surface area contributed by atoms with E-state index in [0.717, 1.165) is 23.9 Å². The second-order valence-corrected chi connectivity index (χ2v) is 7.31. The molecule has 4 aromatic rings. The van der Waals surface area contributed by atoms with Crippen molar-refractivity contribution in [1.82, 2.24) is 15.3 Å². The zero-order valence-corrected chi connectivity index (χ0v) is 15.2. The molecule has 5 rings (SSSR count). The Labute approximate surface area is 161 Å². The Hall–Kier alpha value is -3.05. The number of aromatic nitrogens is 2. The van der Waals surface area contributed by atoms with E-state index in [0.29, 0.717) is 17.7 Å². The van der Waals surface area contributed by atoms with Gasteiger partial charge in [0.05, 0.1) is 17.4 Å². The van der Waals surface area contributed by atoms with Crippen molar-refractivity contribution in [2.75, 3.05) is 0 Å².